The number of carbonyl (C=O) groups is 2. The number of nitrogens with two attached hydrogens (primary N) is 1. The summed E-state index contributed by atoms with van der Waals surface area (Å²) in [5, 5.41) is 5.63. The standard InChI is InChI=1S/C16H21N3O2/c1-3-18-15(20)12-5-4-10(2)14(9-12)19-16(21)11-6-7-13(17)8-11/h4-7,9,11,13H,3,8,17H2,1-2H3,(H,18,20)(H,19,21). The molecule has 0 saturated heterocycles. The van der Waals surface area contributed by atoms with Gasteiger partial charge in [0, 0.05) is 23.8 Å². The molecule has 0 bridgehead atoms. The predicted octanol–water partition coefficient (Wildman–Crippen LogP) is 1.59. The molecule has 2 rings (SSSR count). The van der Waals surface area contributed by atoms with Gasteiger partial charge in [-0.15, -0.1) is 0 Å². The normalized spacial score (nSPS) is 20.3. The Bertz CT molecular complexity index is 581. The van der Waals surface area contributed by atoms with Crippen LogP contribution in [0.2, 0.25) is 0 Å². The molecule has 0 spiro atoms. The van der Waals surface area contributed by atoms with Crippen molar-refractivity contribution in [2.24, 2.45) is 11.7 Å². The number of aryl methyl sites for hydroxylation is 1. The maximum Gasteiger partial charge on any atom is 0.251 e. The van der Waals surface area contributed by atoms with Crippen LogP contribution >= 0.6 is 0 Å². The molecule has 0 aromatic heterocycles. The summed E-state index contributed by atoms with van der Waals surface area (Å²) in [6.07, 6.45) is 4.31. The van der Waals surface area contributed by atoms with Crippen LogP contribution in [-0.4, -0.2) is 24.4 Å². The monoisotopic (exact) mass is 287 g/mol. The fraction of sp³-hybridized carbons (Fsp3) is 0.375. The lowest BCUT2D eigenvalue weighted by Gasteiger charge is -2.13. The third kappa shape index (κ3) is 3.70. The van der Waals surface area contributed by atoms with Gasteiger partial charge < -0.3 is 16.4 Å². The Morgan fingerprint density at radius 1 is 1.33 bits per heavy atom. The van der Waals surface area contributed by atoms with Gasteiger partial charge in [-0.25, -0.2) is 0 Å². The zero-order valence-electron chi connectivity index (χ0n) is 12.3. The molecule has 5 nitrogen and oxygen atoms in total. The van der Waals surface area contributed by atoms with E-state index in [0.29, 0.717) is 24.2 Å². The lowest BCUT2D eigenvalue weighted by atomic mass is 10.1. The van der Waals surface area contributed by atoms with Crippen LogP contribution in [0.3, 0.4) is 0 Å². The summed E-state index contributed by atoms with van der Waals surface area (Å²) < 4.78 is 0. The number of amides is 2. The lowest BCUT2D eigenvalue weighted by molar-refractivity contribution is -0.118. The molecule has 112 valence electrons. The minimum absolute atomic E-state index is 0.0523. The highest BCUT2D eigenvalue weighted by Gasteiger charge is 2.23. The molecule has 0 heterocycles. The van der Waals surface area contributed by atoms with Gasteiger partial charge in [-0.1, -0.05) is 18.2 Å². The number of rotatable bonds is 4. The highest BCUT2D eigenvalue weighted by atomic mass is 16.2. The summed E-state index contributed by atoms with van der Waals surface area (Å²) in [5.41, 5.74) is 7.89. The van der Waals surface area contributed by atoms with Crippen molar-refractivity contribution in [1.82, 2.24) is 5.32 Å². The molecule has 0 aliphatic heterocycles. The molecule has 4 N–H and O–H groups in total. The van der Waals surface area contributed by atoms with Gasteiger partial charge in [0.25, 0.3) is 5.91 Å². The van der Waals surface area contributed by atoms with Gasteiger partial charge in [-0.05, 0) is 38.0 Å². The van der Waals surface area contributed by atoms with Crippen molar-refractivity contribution in [2.45, 2.75) is 26.3 Å². The Balaban J connectivity index is 2.12. The Morgan fingerprint density at radius 2 is 2.10 bits per heavy atom. The first-order valence-electron chi connectivity index (χ1n) is 7.15. The Labute approximate surface area is 124 Å². The van der Waals surface area contributed by atoms with E-state index in [0.717, 1.165) is 5.56 Å². The number of anilines is 1. The van der Waals surface area contributed by atoms with E-state index in [1.54, 1.807) is 12.1 Å². The Hall–Kier alpha value is -2.14. The topological polar surface area (TPSA) is 84.2 Å². The molecular weight excluding hydrogens is 266 g/mol. The van der Waals surface area contributed by atoms with Gasteiger partial charge in [-0.2, -0.15) is 0 Å². The molecule has 2 atom stereocenters. The molecule has 0 radical (unpaired) electrons. The van der Waals surface area contributed by atoms with Gasteiger partial charge in [0.15, 0.2) is 0 Å². The van der Waals surface area contributed by atoms with E-state index < -0.39 is 0 Å². The second kappa shape index (κ2) is 6.54. The summed E-state index contributed by atoms with van der Waals surface area (Å²) in [5.74, 6) is -0.432. The zero-order chi connectivity index (χ0) is 15.4. The molecule has 0 fully saturated rings. The minimum Gasteiger partial charge on any atom is -0.352 e. The van der Waals surface area contributed by atoms with Crippen LogP contribution in [0.15, 0.2) is 30.4 Å². The number of hydrogen-bond acceptors (Lipinski definition) is 3. The average molecular weight is 287 g/mol. The molecule has 0 saturated carbocycles. The van der Waals surface area contributed by atoms with Crippen LogP contribution < -0.4 is 16.4 Å². The number of nitrogens with one attached hydrogen (secondary N) is 2. The maximum absolute atomic E-state index is 12.2. The average Bonchev–Trinajstić information content (AvgIpc) is 2.88. The Kier molecular flexibility index (Phi) is 4.75. The van der Waals surface area contributed by atoms with Gasteiger partial charge in [0.05, 0.1) is 5.92 Å². The quantitative estimate of drug-likeness (QED) is 0.735. The molecule has 5 heteroatoms. The highest BCUT2D eigenvalue weighted by Crippen LogP contribution is 2.21. The molecule has 1 aliphatic rings. The maximum atomic E-state index is 12.2. The van der Waals surface area contributed by atoms with Crippen LogP contribution in [0, 0.1) is 12.8 Å². The minimum atomic E-state index is -0.201. The summed E-state index contributed by atoms with van der Waals surface area (Å²) in [4.78, 5) is 24.0. The van der Waals surface area contributed by atoms with Crippen molar-refractivity contribution in [3.8, 4) is 0 Å². The number of carbonyl (C=O) groups excluding carboxylic acids is 2. The van der Waals surface area contributed by atoms with Crippen molar-refractivity contribution in [1.29, 1.82) is 0 Å². The fourth-order valence-electron chi connectivity index (χ4n) is 2.31. The van der Waals surface area contributed by atoms with Crippen molar-refractivity contribution in [3.63, 3.8) is 0 Å². The van der Waals surface area contributed by atoms with Crippen LogP contribution in [0.5, 0.6) is 0 Å². The van der Waals surface area contributed by atoms with E-state index in [4.69, 9.17) is 5.73 Å². The van der Waals surface area contributed by atoms with Crippen molar-refractivity contribution >= 4 is 17.5 Å². The van der Waals surface area contributed by atoms with Crippen molar-refractivity contribution in [2.75, 3.05) is 11.9 Å². The lowest BCUT2D eigenvalue weighted by Crippen LogP contribution is -2.25. The van der Waals surface area contributed by atoms with Crippen LogP contribution in [0.1, 0.15) is 29.3 Å². The molecule has 1 aromatic carbocycles. The summed E-state index contributed by atoms with van der Waals surface area (Å²) in [6.45, 7) is 4.33. The SMILES string of the molecule is CCNC(=O)c1ccc(C)c(NC(=O)C2C=CC(N)C2)c1. The van der Waals surface area contributed by atoms with Crippen LogP contribution in [0.25, 0.3) is 0 Å². The zero-order valence-corrected chi connectivity index (χ0v) is 12.3. The van der Waals surface area contributed by atoms with E-state index in [9.17, 15) is 9.59 Å². The van der Waals surface area contributed by atoms with E-state index in [-0.39, 0.29) is 23.8 Å². The van der Waals surface area contributed by atoms with Gasteiger partial charge in [0.1, 0.15) is 0 Å². The molecule has 21 heavy (non-hydrogen) atoms. The number of benzene rings is 1. The smallest absolute Gasteiger partial charge is 0.251 e. The van der Waals surface area contributed by atoms with Gasteiger partial charge in [-0.3, -0.25) is 9.59 Å². The van der Waals surface area contributed by atoms with E-state index in [1.165, 1.54) is 0 Å². The summed E-state index contributed by atoms with van der Waals surface area (Å²) in [6, 6.07) is 5.23. The van der Waals surface area contributed by atoms with Crippen molar-refractivity contribution < 1.29 is 9.59 Å². The first kappa shape index (κ1) is 15.3. The largest absolute Gasteiger partial charge is 0.352 e. The molecule has 2 unspecified atom stereocenters. The molecule has 1 aliphatic carbocycles. The first-order valence-corrected chi connectivity index (χ1v) is 7.15. The number of hydrogen-bond donors (Lipinski definition) is 3. The van der Waals surface area contributed by atoms with Gasteiger partial charge in [0.2, 0.25) is 5.91 Å². The van der Waals surface area contributed by atoms with E-state index >= 15 is 0 Å². The molecule has 1 aromatic rings. The summed E-state index contributed by atoms with van der Waals surface area (Å²) in [7, 11) is 0. The van der Waals surface area contributed by atoms with Crippen molar-refractivity contribution in [3.05, 3.63) is 41.5 Å². The second-order valence-electron chi connectivity index (χ2n) is 5.27. The summed E-state index contributed by atoms with van der Waals surface area (Å²) >= 11 is 0. The van der Waals surface area contributed by atoms with E-state index in [1.807, 2.05) is 32.1 Å². The highest BCUT2D eigenvalue weighted by molar-refractivity contribution is 5.98. The predicted molar refractivity (Wildman–Crippen MR) is 83.0 cm³/mol. The van der Waals surface area contributed by atoms with Crippen LogP contribution in [-0.2, 0) is 4.79 Å². The second-order valence-corrected chi connectivity index (χ2v) is 5.27. The third-order valence-electron chi connectivity index (χ3n) is 3.55. The molecule has 2 amide bonds. The molecular formula is C16H21N3O2. The first-order chi connectivity index (χ1) is 10.0. The fourth-order valence-corrected chi connectivity index (χ4v) is 2.31. The van der Waals surface area contributed by atoms with Crippen LogP contribution in [0.4, 0.5) is 5.69 Å². The van der Waals surface area contributed by atoms with E-state index in [2.05, 4.69) is 10.6 Å². The van der Waals surface area contributed by atoms with Gasteiger partial charge >= 0.3 is 0 Å². The Morgan fingerprint density at radius 3 is 2.71 bits per heavy atom. The third-order valence-corrected chi connectivity index (χ3v) is 3.55.